The molecule has 27 heavy (non-hydrogen) atoms. The maximum atomic E-state index is 14.3. The molecule has 0 radical (unpaired) electrons. The van der Waals surface area contributed by atoms with Gasteiger partial charge in [0.05, 0.1) is 37.8 Å². The lowest BCUT2D eigenvalue weighted by atomic mass is 10.0. The lowest BCUT2D eigenvalue weighted by molar-refractivity contribution is 0.103. The fraction of sp³-hybridized carbons (Fsp3) is 0.176. The highest BCUT2D eigenvalue weighted by Crippen LogP contribution is 2.33. The molecule has 3 rings (SSSR count). The second-order valence-electron chi connectivity index (χ2n) is 5.69. The number of rotatable bonds is 6. The molecular weight excluding hydrogens is 418 g/mol. The highest BCUT2D eigenvalue weighted by atomic mass is 35.5. The van der Waals surface area contributed by atoms with Crippen LogP contribution in [0.3, 0.4) is 0 Å². The molecule has 0 bridgehead atoms. The van der Waals surface area contributed by atoms with Crippen molar-refractivity contribution >= 4 is 54.6 Å². The molecule has 0 aliphatic heterocycles. The summed E-state index contributed by atoms with van der Waals surface area (Å²) in [5.74, 6) is -3.90. The fourth-order valence-corrected chi connectivity index (χ4v) is 4.68. The summed E-state index contributed by atoms with van der Waals surface area (Å²) < 4.78 is 55.1. The number of hydrogen-bond donors (Lipinski definition) is 1. The maximum absolute atomic E-state index is 14.3. The summed E-state index contributed by atoms with van der Waals surface area (Å²) in [6.07, 6.45) is 0.317. The van der Waals surface area contributed by atoms with Crippen molar-refractivity contribution in [3.63, 3.8) is 0 Å². The van der Waals surface area contributed by atoms with Crippen LogP contribution in [0.25, 0.3) is 10.2 Å². The molecule has 0 spiro atoms. The van der Waals surface area contributed by atoms with Gasteiger partial charge in [0.25, 0.3) is 0 Å². The topological polar surface area (TPSA) is 76.1 Å². The van der Waals surface area contributed by atoms with Crippen LogP contribution in [-0.4, -0.2) is 24.9 Å². The first kappa shape index (κ1) is 19.7. The largest absolute Gasteiger partial charge is 0.288 e. The first-order valence-electron chi connectivity index (χ1n) is 7.79. The summed E-state index contributed by atoms with van der Waals surface area (Å²) in [5, 5.41) is -0.497. The van der Waals surface area contributed by atoms with E-state index in [-0.39, 0.29) is 17.0 Å². The zero-order valence-electron chi connectivity index (χ0n) is 13.9. The van der Waals surface area contributed by atoms with Crippen LogP contribution in [0.5, 0.6) is 0 Å². The van der Waals surface area contributed by atoms with E-state index in [2.05, 4.69) is 9.71 Å². The first-order chi connectivity index (χ1) is 12.7. The number of carbonyl (C=O) groups is 1. The van der Waals surface area contributed by atoms with Crippen molar-refractivity contribution in [1.29, 1.82) is 0 Å². The highest BCUT2D eigenvalue weighted by molar-refractivity contribution is 7.92. The van der Waals surface area contributed by atoms with Crippen molar-refractivity contribution in [3.8, 4) is 0 Å². The maximum Gasteiger partial charge on any atom is 0.232 e. The Bertz CT molecular complexity index is 1150. The molecular formula is C17H13ClF2N2O3S2. The van der Waals surface area contributed by atoms with E-state index in [4.69, 9.17) is 11.6 Å². The van der Waals surface area contributed by atoms with Crippen LogP contribution < -0.4 is 4.72 Å². The number of halogens is 3. The van der Waals surface area contributed by atoms with Gasteiger partial charge in [0.1, 0.15) is 0 Å². The summed E-state index contributed by atoms with van der Waals surface area (Å²) in [5.41, 5.74) is 1.23. The first-order valence-corrected chi connectivity index (χ1v) is 10.7. The molecule has 1 N–H and O–H groups in total. The second kappa shape index (κ2) is 7.49. The number of nitrogens with zero attached hydrogens (tertiary/aromatic N) is 1. The summed E-state index contributed by atoms with van der Waals surface area (Å²) in [6, 6.07) is 5.12. The Morgan fingerprint density at radius 3 is 2.74 bits per heavy atom. The number of ketones is 1. The average molecular weight is 431 g/mol. The molecule has 0 aliphatic carbocycles. The van der Waals surface area contributed by atoms with Crippen LogP contribution in [-0.2, 0) is 10.0 Å². The smallest absolute Gasteiger partial charge is 0.232 e. The van der Waals surface area contributed by atoms with Crippen LogP contribution in [0, 0.1) is 11.6 Å². The van der Waals surface area contributed by atoms with Gasteiger partial charge in [-0.05, 0) is 24.6 Å². The van der Waals surface area contributed by atoms with Gasteiger partial charge in [0.2, 0.25) is 10.0 Å². The summed E-state index contributed by atoms with van der Waals surface area (Å²) >= 11 is 7.36. The number of sulfonamides is 1. The third-order valence-corrected chi connectivity index (χ3v) is 6.38. The fourth-order valence-electron chi connectivity index (χ4n) is 2.51. The van der Waals surface area contributed by atoms with Gasteiger partial charge in [-0.2, -0.15) is 0 Å². The van der Waals surface area contributed by atoms with E-state index in [0.29, 0.717) is 22.7 Å². The van der Waals surface area contributed by atoms with Gasteiger partial charge in [-0.3, -0.25) is 9.52 Å². The normalized spacial score (nSPS) is 11.7. The van der Waals surface area contributed by atoms with Gasteiger partial charge in [-0.1, -0.05) is 18.5 Å². The number of thiazole rings is 1. The average Bonchev–Trinajstić information content (AvgIpc) is 3.07. The van der Waals surface area contributed by atoms with Crippen LogP contribution in [0.4, 0.5) is 14.5 Å². The van der Waals surface area contributed by atoms with Crippen molar-refractivity contribution in [1.82, 2.24) is 4.98 Å². The second-order valence-corrected chi connectivity index (χ2v) is 8.80. The van der Waals surface area contributed by atoms with Gasteiger partial charge in [-0.25, -0.2) is 22.2 Å². The van der Waals surface area contributed by atoms with Gasteiger partial charge in [0, 0.05) is 11.6 Å². The molecule has 2 aromatic carbocycles. The molecule has 0 unspecified atom stereocenters. The molecule has 3 aromatic rings. The zero-order valence-corrected chi connectivity index (χ0v) is 16.3. The van der Waals surface area contributed by atoms with E-state index in [1.54, 1.807) is 18.5 Å². The minimum atomic E-state index is -3.81. The van der Waals surface area contributed by atoms with Crippen molar-refractivity contribution in [2.75, 3.05) is 10.5 Å². The Morgan fingerprint density at radius 2 is 2.04 bits per heavy atom. The molecule has 142 valence electrons. The van der Waals surface area contributed by atoms with Crippen molar-refractivity contribution in [3.05, 3.63) is 57.6 Å². The molecule has 0 amide bonds. The molecule has 0 saturated heterocycles. The molecule has 0 saturated carbocycles. The van der Waals surface area contributed by atoms with Crippen molar-refractivity contribution < 1.29 is 22.0 Å². The molecule has 5 nitrogen and oxygen atoms in total. The number of aromatic nitrogens is 1. The standard InChI is InChI=1S/C17H13ClF2N2O3S2/c1-2-5-27(24,25)22-12-7-10(19)16(20)14(15(12)18)17(23)9-3-4-11-13(6-9)26-8-21-11/h3-4,6-8,22H,2,5H2,1H3. The summed E-state index contributed by atoms with van der Waals surface area (Å²) in [4.78, 5) is 16.8. The number of nitrogens with one attached hydrogen (secondary N) is 1. The summed E-state index contributed by atoms with van der Waals surface area (Å²) in [7, 11) is -3.81. The van der Waals surface area contributed by atoms with E-state index in [0.717, 1.165) is 0 Å². The summed E-state index contributed by atoms with van der Waals surface area (Å²) in [6.45, 7) is 1.65. The Labute approximate surface area is 163 Å². The SMILES string of the molecule is CCCS(=O)(=O)Nc1cc(F)c(F)c(C(=O)c2ccc3ncsc3c2)c1Cl. The van der Waals surface area contributed by atoms with E-state index >= 15 is 0 Å². The molecule has 0 aliphatic rings. The third-order valence-electron chi connectivity index (χ3n) is 3.72. The molecule has 1 aromatic heterocycles. The zero-order chi connectivity index (χ0) is 19.8. The number of anilines is 1. The molecule has 0 fully saturated rings. The van der Waals surface area contributed by atoms with Crippen molar-refractivity contribution in [2.45, 2.75) is 13.3 Å². The van der Waals surface area contributed by atoms with E-state index < -0.39 is 38.0 Å². The predicted molar refractivity (Wildman–Crippen MR) is 102 cm³/mol. The predicted octanol–water partition coefficient (Wildman–Crippen LogP) is 4.61. The monoisotopic (exact) mass is 430 g/mol. The molecule has 1 heterocycles. The number of fused-ring (bicyclic) bond motifs is 1. The lowest BCUT2D eigenvalue weighted by Crippen LogP contribution is -2.18. The lowest BCUT2D eigenvalue weighted by Gasteiger charge is -2.13. The van der Waals surface area contributed by atoms with Crippen LogP contribution in [0.15, 0.2) is 29.8 Å². The Morgan fingerprint density at radius 1 is 1.30 bits per heavy atom. The number of carbonyl (C=O) groups excluding carboxylic acids is 1. The van der Waals surface area contributed by atoms with E-state index in [1.807, 2.05) is 0 Å². The van der Waals surface area contributed by atoms with Crippen molar-refractivity contribution in [2.24, 2.45) is 0 Å². The quantitative estimate of drug-likeness (QED) is 0.457. The number of benzene rings is 2. The van der Waals surface area contributed by atoms with Gasteiger partial charge in [-0.15, -0.1) is 11.3 Å². The Hall–Kier alpha value is -2.10. The minimum absolute atomic E-state index is 0.0838. The molecule has 0 atom stereocenters. The van der Waals surface area contributed by atoms with E-state index in [1.165, 1.54) is 23.5 Å². The Kier molecular flexibility index (Phi) is 5.45. The van der Waals surface area contributed by atoms with Gasteiger partial charge >= 0.3 is 0 Å². The van der Waals surface area contributed by atoms with Crippen LogP contribution in [0.1, 0.15) is 29.3 Å². The van der Waals surface area contributed by atoms with Gasteiger partial charge < -0.3 is 0 Å². The Balaban J connectivity index is 2.09. The number of hydrogen-bond acceptors (Lipinski definition) is 5. The van der Waals surface area contributed by atoms with Crippen LogP contribution >= 0.6 is 22.9 Å². The molecule has 10 heteroatoms. The van der Waals surface area contributed by atoms with Crippen LogP contribution in [0.2, 0.25) is 5.02 Å². The van der Waals surface area contributed by atoms with E-state index in [9.17, 15) is 22.0 Å². The third kappa shape index (κ3) is 3.95. The van der Waals surface area contributed by atoms with Gasteiger partial charge in [0.15, 0.2) is 17.4 Å². The minimum Gasteiger partial charge on any atom is -0.288 e. The highest BCUT2D eigenvalue weighted by Gasteiger charge is 2.26.